The summed E-state index contributed by atoms with van der Waals surface area (Å²) in [4.78, 5) is 0. The second kappa shape index (κ2) is 8.06. The standard InChI is InChI=1S/C18H22ClNO2/c1-2-8-22-16-5-3-4-14(11-16)15(12-20)9-13-6-7-18(21)17(19)10-13/h3-7,10-11,15,21H,2,8-9,12,20H2,1H3. The van der Waals surface area contributed by atoms with Gasteiger partial charge in [0.25, 0.3) is 0 Å². The van der Waals surface area contributed by atoms with E-state index >= 15 is 0 Å². The third kappa shape index (κ3) is 4.39. The van der Waals surface area contributed by atoms with Crippen LogP contribution in [0.5, 0.6) is 11.5 Å². The fourth-order valence-electron chi connectivity index (χ4n) is 2.38. The molecule has 0 aliphatic rings. The Morgan fingerprint density at radius 1 is 1.23 bits per heavy atom. The average Bonchev–Trinajstić information content (AvgIpc) is 2.54. The number of aromatic hydroxyl groups is 1. The maximum Gasteiger partial charge on any atom is 0.134 e. The molecule has 2 rings (SSSR count). The van der Waals surface area contributed by atoms with E-state index < -0.39 is 0 Å². The molecular weight excluding hydrogens is 298 g/mol. The molecule has 0 radical (unpaired) electrons. The number of benzene rings is 2. The largest absolute Gasteiger partial charge is 0.506 e. The van der Waals surface area contributed by atoms with Crippen molar-refractivity contribution in [3.63, 3.8) is 0 Å². The van der Waals surface area contributed by atoms with Crippen LogP contribution in [0.4, 0.5) is 0 Å². The normalized spacial score (nSPS) is 12.1. The monoisotopic (exact) mass is 319 g/mol. The predicted molar refractivity (Wildman–Crippen MR) is 90.8 cm³/mol. The molecule has 118 valence electrons. The van der Waals surface area contributed by atoms with Crippen molar-refractivity contribution in [3.8, 4) is 11.5 Å². The molecule has 3 nitrogen and oxygen atoms in total. The first-order valence-electron chi connectivity index (χ1n) is 7.54. The van der Waals surface area contributed by atoms with Crippen molar-refractivity contribution < 1.29 is 9.84 Å². The average molecular weight is 320 g/mol. The molecule has 1 unspecified atom stereocenters. The van der Waals surface area contributed by atoms with E-state index in [0.717, 1.165) is 29.7 Å². The Balaban J connectivity index is 2.15. The molecule has 0 spiro atoms. The summed E-state index contributed by atoms with van der Waals surface area (Å²) in [5.74, 6) is 1.16. The number of nitrogens with two attached hydrogens (primary N) is 1. The highest BCUT2D eigenvalue weighted by Crippen LogP contribution is 2.28. The lowest BCUT2D eigenvalue weighted by molar-refractivity contribution is 0.317. The molecule has 0 heterocycles. The molecule has 0 bridgehead atoms. The van der Waals surface area contributed by atoms with Gasteiger partial charge in [-0.15, -0.1) is 0 Å². The van der Waals surface area contributed by atoms with Crippen molar-refractivity contribution in [1.82, 2.24) is 0 Å². The molecule has 0 saturated carbocycles. The first-order valence-corrected chi connectivity index (χ1v) is 7.92. The van der Waals surface area contributed by atoms with Gasteiger partial charge in [-0.05, 0) is 54.8 Å². The van der Waals surface area contributed by atoms with Crippen molar-refractivity contribution in [2.75, 3.05) is 13.2 Å². The summed E-state index contributed by atoms with van der Waals surface area (Å²) >= 11 is 5.97. The number of rotatable bonds is 7. The maximum atomic E-state index is 9.50. The Bertz CT molecular complexity index is 616. The van der Waals surface area contributed by atoms with E-state index in [0.29, 0.717) is 18.2 Å². The number of phenols is 1. The van der Waals surface area contributed by atoms with Crippen molar-refractivity contribution in [2.45, 2.75) is 25.7 Å². The third-order valence-corrected chi connectivity index (χ3v) is 3.88. The van der Waals surface area contributed by atoms with E-state index in [2.05, 4.69) is 19.1 Å². The van der Waals surface area contributed by atoms with Crippen LogP contribution in [0.3, 0.4) is 0 Å². The first-order chi connectivity index (χ1) is 10.6. The van der Waals surface area contributed by atoms with Gasteiger partial charge < -0.3 is 15.6 Å². The molecule has 0 fully saturated rings. The van der Waals surface area contributed by atoms with E-state index in [1.807, 2.05) is 18.2 Å². The van der Waals surface area contributed by atoms with Crippen LogP contribution in [0.15, 0.2) is 42.5 Å². The predicted octanol–water partition coefficient (Wildman–Crippen LogP) is 4.12. The maximum absolute atomic E-state index is 9.50. The summed E-state index contributed by atoms with van der Waals surface area (Å²) in [6.45, 7) is 3.33. The summed E-state index contributed by atoms with van der Waals surface area (Å²) in [6, 6.07) is 13.4. The van der Waals surface area contributed by atoms with E-state index in [-0.39, 0.29) is 11.7 Å². The topological polar surface area (TPSA) is 55.5 Å². The highest BCUT2D eigenvalue weighted by Gasteiger charge is 2.12. The Hall–Kier alpha value is -1.71. The summed E-state index contributed by atoms with van der Waals surface area (Å²) in [5.41, 5.74) is 8.15. The van der Waals surface area contributed by atoms with Crippen LogP contribution in [0.25, 0.3) is 0 Å². The summed E-state index contributed by atoms with van der Waals surface area (Å²) < 4.78 is 5.68. The van der Waals surface area contributed by atoms with Crippen molar-refractivity contribution in [1.29, 1.82) is 0 Å². The summed E-state index contributed by atoms with van der Waals surface area (Å²) in [7, 11) is 0. The van der Waals surface area contributed by atoms with Crippen molar-refractivity contribution in [2.24, 2.45) is 5.73 Å². The zero-order chi connectivity index (χ0) is 15.9. The second-order valence-corrected chi connectivity index (χ2v) is 5.75. The number of phenolic OH excluding ortho intramolecular Hbond substituents is 1. The minimum absolute atomic E-state index is 0.102. The van der Waals surface area contributed by atoms with Gasteiger partial charge >= 0.3 is 0 Å². The van der Waals surface area contributed by atoms with Crippen LogP contribution < -0.4 is 10.5 Å². The zero-order valence-corrected chi connectivity index (χ0v) is 13.5. The molecule has 22 heavy (non-hydrogen) atoms. The van der Waals surface area contributed by atoms with Crippen LogP contribution in [0, 0.1) is 0 Å². The van der Waals surface area contributed by atoms with Gasteiger partial charge in [-0.2, -0.15) is 0 Å². The highest BCUT2D eigenvalue weighted by atomic mass is 35.5. The molecule has 0 aliphatic heterocycles. The fourth-order valence-corrected chi connectivity index (χ4v) is 2.58. The van der Waals surface area contributed by atoms with Gasteiger partial charge in [0.2, 0.25) is 0 Å². The molecular formula is C18H22ClNO2. The van der Waals surface area contributed by atoms with Crippen molar-refractivity contribution in [3.05, 3.63) is 58.6 Å². The van der Waals surface area contributed by atoms with Gasteiger partial charge in [0.1, 0.15) is 11.5 Å². The molecule has 0 saturated heterocycles. The van der Waals surface area contributed by atoms with Gasteiger partial charge in [-0.1, -0.05) is 36.7 Å². The number of ether oxygens (including phenoxy) is 1. The van der Waals surface area contributed by atoms with Gasteiger partial charge in [-0.3, -0.25) is 0 Å². The van der Waals surface area contributed by atoms with Crippen LogP contribution in [0.1, 0.15) is 30.4 Å². The summed E-state index contributed by atoms with van der Waals surface area (Å²) in [5, 5.41) is 9.87. The minimum atomic E-state index is 0.102. The minimum Gasteiger partial charge on any atom is -0.506 e. The van der Waals surface area contributed by atoms with Gasteiger partial charge in [0.05, 0.1) is 11.6 Å². The smallest absolute Gasteiger partial charge is 0.134 e. The van der Waals surface area contributed by atoms with E-state index in [9.17, 15) is 5.11 Å². The lowest BCUT2D eigenvalue weighted by Crippen LogP contribution is -2.15. The zero-order valence-electron chi connectivity index (χ0n) is 12.8. The molecule has 0 amide bonds. The van der Waals surface area contributed by atoms with Crippen LogP contribution in [0.2, 0.25) is 5.02 Å². The molecule has 1 atom stereocenters. The van der Waals surface area contributed by atoms with Crippen LogP contribution in [-0.4, -0.2) is 18.3 Å². The SMILES string of the molecule is CCCOc1cccc(C(CN)Cc2ccc(O)c(Cl)c2)c1. The Labute approximate surface area is 136 Å². The second-order valence-electron chi connectivity index (χ2n) is 5.34. The van der Waals surface area contributed by atoms with E-state index in [1.165, 1.54) is 0 Å². The third-order valence-electron chi connectivity index (χ3n) is 3.58. The van der Waals surface area contributed by atoms with Gasteiger partial charge in [-0.25, -0.2) is 0 Å². The van der Waals surface area contributed by atoms with E-state index in [4.69, 9.17) is 22.1 Å². The Kier molecular flexibility index (Phi) is 6.10. The van der Waals surface area contributed by atoms with Crippen LogP contribution in [-0.2, 0) is 6.42 Å². The molecule has 0 aromatic heterocycles. The molecule has 2 aromatic rings. The van der Waals surface area contributed by atoms with Crippen LogP contribution >= 0.6 is 11.6 Å². The molecule has 2 aromatic carbocycles. The summed E-state index contributed by atoms with van der Waals surface area (Å²) in [6.07, 6.45) is 1.75. The lowest BCUT2D eigenvalue weighted by atomic mass is 9.92. The van der Waals surface area contributed by atoms with Gasteiger partial charge in [0, 0.05) is 5.92 Å². The Morgan fingerprint density at radius 2 is 2.05 bits per heavy atom. The molecule has 4 heteroatoms. The molecule has 0 aliphatic carbocycles. The Morgan fingerprint density at radius 3 is 2.73 bits per heavy atom. The van der Waals surface area contributed by atoms with Gasteiger partial charge in [0.15, 0.2) is 0 Å². The molecule has 3 N–H and O–H groups in total. The quantitative estimate of drug-likeness (QED) is 0.807. The number of hydrogen-bond acceptors (Lipinski definition) is 3. The van der Waals surface area contributed by atoms with Crippen molar-refractivity contribution >= 4 is 11.6 Å². The first kappa shape index (κ1) is 16.7. The number of hydrogen-bond donors (Lipinski definition) is 2. The lowest BCUT2D eigenvalue weighted by Gasteiger charge is -2.17. The number of halogens is 1. The van der Waals surface area contributed by atoms with E-state index in [1.54, 1.807) is 12.1 Å². The highest BCUT2D eigenvalue weighted by molar-refractivity contribution is 6.32. The fraction of sp³-hybridized carbons (Fsp3) is 0.333.